The second-order valence-electron chi connectivity index (χ2n) is 2.99. The Morgan fingerprint density at radius 3 is 2.54 bits per heavy atom. The van der Waals surface area contributed by atoms with Crippen molar-refractivity contribution in [2.24, 2.45) is 0 Å². The lowest BCUT2D eigenvalue weighted by Gasteiger charge is -2.16. The minimum Gasteiger partial charge on any atom is -0.316 e. The summed E-state index contributed by atoms with van der Waals surface area (Å²) in [6.07, 6.45) is 0. The van der Waals surface area contributed by atoms with E-state index in [1.54, 1.807) is 23.1 Å². The molecule has 1 aromatic rings. The average molecular weight is 217 g/mol. The largest absolute Gasteiger partial charge is 0.316 e. The van der Waals surface area contributed by atoms with E-state index in [2.05, 4.69) is 29.4 Å². The van der Waals surface area contributed by atoms with Crippen LogP contribution in [0.15, 0.2) is 4.34 Å². The summed E-state index contributed by atoms with van der Waals surface area (Å²) >= 11 is 3.44. The summed E-state index contributed by atoms with van der Waals surface area (Å²) < 4.78 is 1.06. The number of hydrogen-bond donors (Lipinski definition) is 1. The summed E-state index contributed by atoms with van der Waals surface area (Å²) in [5.74, 6) is 0. The van der Waals surface area contributed by atoms with Gasteiger partial charge in [-0.25, -0.2) is 0 Å². The molecular weight excluding hydrogens is 202 g/mol. The third kappa shape index (κ3) is 3.25. The normalized spacial score (nSPS) is 15.7. The van der Waals surface area contributed by atoms with Gasteiger partial charge in [-0.3, -0.25) is 0 Å². The van der Waals surface area contributed by atoms with Crippen LogP contribution in [0.5, 0.6) is 0 Å². The number of thioether (sulfide) groups is 1. The number of nitrogens with one attached hydrogen (secondary N) is 1. The van der Waals surface area contributed by atoms with Gasteiger partial charge >= 0.3 is 0 Å². The van der Waals surface area contributed by atoms with Gasteiger partial charge in [-0.05, 0) is 20.9 Å². The van der Waals surface area contributed by atoms with Crippen LogP contribution in [0, 0.1) is 6.92 Å². The molecule has 3 nitrogen and oxygen atoms in total. The van der Waals surface area contributed by atoms with Crippen molar-refractivity contribution in [2.75, 3.05) is 7.05 Å². The fourth-order valence-electron chi connectivity index (χ4n) is 0.822. The van der Waals surface area contributed by atoms with Crippen molar-refractivity contribution in [1.82, 2.24) is 15.5 Å². The fraction of sp³-hybridized carbons (Fsp3) is 0.750. The van der Waals surface area contributed by atoms with Gasteiger partial charge in [0.1, 0.15) is 5.01 Å². The molecule has 0 saturated carbocycles. The van der Waals surface area contributed by atoms with Crippen LogP contribution < -0.4 is 5.32 Å². The van der Waals surface area contributed by atoms with Gasteiger partial charge < -0.3 is 5.32 Å². The molecule has 1 rings (SSSR count). The minimum atomic E-state index is 0.495. The average Bonchev–Trinajstić information content (AvgIpc) is 2.49. The van der Waals surface area contributed by atoms with Crippen molar-refractivity contribution in [3.63, 3.8) is 0 Å². The Morgan fingerprint density at radius 1 is 1.38 bits per heavy atom. The number of rotatable bonds is 4. The SMILES string of the molecule is CNC(C)C(C)Sc1nnc(C)s1. The molecule has 0 fully saturated rings. The summed E-state index contributed by atoms with van der Waals surface area (Å²) in [5, 5.41) is 12.8. The highest BCUT2D eigenvalue weighted by Gasteiger charge is 2.13. The van der Waals surface area contributed by atoms with E-state index < -0.39 is 0 Å². The van der Waals surface area contributed by atoms with Crippen LogP contribution >= 0.6 is 23.1 Å². The summed E-state index contributed by atoms with van der Waals surface area (Å²) in [7, 11) is 1.98. The number of hydrogen-bond acceptors (Lipinski definition) is 5. The van der Waals surface area contributed by atoms with Gasteiger partial charge in [-0.15, -0.1) is 10.2 Å². The van der Waals surface area contributed by atoms with E-state index in [1.807, 2.05) is 14.0 Å². The van der Waals surface area contributed by atoms with Crippen LogP contribution in [-0.4, -0.2) is 28.5 Å². The Hall–Kier alpha value is -0.130. The lowest BCUT2D eigenvalue weighted by Crippen LogP contribution is -2.30. The van der Waals surface area contributed by atoms with Crippen molar-refractivity contribution in [2.45, 2.75) is 36.4 Å². The summed E-state index contributed by atoms with van der Waals surface area (Å²) in [5.41, 5.74) is 0. The molecule has 13 heavy (non-hydrogen) atoms. The zero-order valence-corrected chi connectivity index (χ0v) is 10.00. The Morgan fingerprint density at radius 2 is 2.08 bits per heavy atom. The zero-order chi connectivity index (χ0) is 9.84. The highest BCUT2D eigenvalue weighted by atomic mass is 32.2. The van der Waals surface area contributed by atoms with Crippen molar-refractivity contribution in [3.8, 4) is 0 Å². The van der Waals surface area contributed by atoms with E-state index in [1.165, 1.54) is 0 Å². The lowest BCUT2D eigenvalue weighted by atomic mass is 10.3. The van der Waals surface area contributed by atoms with E-state index >= 15 is 0 Å². The van der Waals surface area contributed by atoms with Gasteiger partial charge in [0.15, 0.2) is 4.34 Å². The predicted octanol–water partition coefficient (Wildman–Crippen LogP) is 1.94. The molecule has 0 aliphatic carbocycles. The van der Waals surface area contributed by atoms with Crippen LogP contribution in [-0.2, 0) is 0 Å². The van der Waals surface area contributed by atoms with Crippen molar-refractivity contribution < 1.29 is 0 Å². The van der Waals surface area contributed by atoms with Crippen LogP contribution in [0.1, 0.15) is 18.9 Å². The number of aryl methyl sites for hydroxylation is 1. The van der Waals surface area contributed by atoms with Crippen LogP contribution in [0.25, 0.3) is 0 Å². The van der Waals surface area contributed by atoms with E-state index in [0.717, 1.165) is 9.35 Å². The van der Waals surface area contributed by atoms with Crippen molar-refractivity contribution >= 4 is 23.1 Å². The number of aromatic nitrogens is 2. The van der Waals surface area contributed by atoms with Gasteiger partial charge in [0.05, 0.1) is 0 Å². The van der Waals surface area contributed by atoms with Crippen LogP contribution in [0.4, 0.5) is 0 Å². The van der Waals surface area contributed by atoms with Gasteiger partial charge in [-0.1, -0.05) is 30.0 Å². The quantitative estimate of drug-likeness (QED) is 0.782. The Kier molecular flexibility index (Phi) is 4.15. The molecule has 0 spiro atoms. The maximum absolute atomic E-state index is 4.08. The fourth-order valence-corrected chi connectivity index (χ4v) is 2.99. The highest BCUT2D eigenvalue weighted by molar-refractivity contribution is 8.01. The van der Waals surface area contributed by atoms with Crippen molar-refractivity contribution in [1.29, 1.82) is 0 Å². The second-order valence-corrected chi connectivity index (χ2v) is 5.79. The van der Waals surface area contributed by atoms with Crippen molar-refractivity contribution in [3.05, 3.63) is 5.01 Å². The summed E-state index contributed by atoms with van der Waals surface area (Å²) in [6.45, 7) is 6.35. The van der Waals surface area contributed by atoms with Crippen LogP contribution in [0.3, 0.4) is 0 Å². The van der Waals surface area contributed by atoms with E-state index in [-0.39, 0.29) is 0 Å². The smallest absolute Gasteiger partial charge is 0.174 e. The Balaban J connectivity index is 2.49. The molecule has 0 saturated heterocycles. The predicted molar refractivity (Wildman–Crippen MR) is 58.5 cm³/mol. The second kappa shape index (κ2) is 4.93. The first-order chi connectivity index (χ1) is 6.13. The number of nitrogens with zero attached hydrogens (tertiary/aromatic N) is 2. The van der Waals surface area contributed by atoms with Gasteiger partial charge in [0, 0.05) is 11.3 Å². The third-order valence-electron chi connectivity index (χ3n) is 1.95. The lowest BCUT2D eigenvalue weighted by molar-refractivity contribution is 0.605. The Bertz CT molecular complexity index is 262. The maximum atomic E-state index is 4.08. The Labute approximate surface area is 87.3 Å². The first kappa shape index (κ1) is 10.9. The molecule has 0 aliphatic heterocycles. The minimum absolute atomic E-state index is 0.495. The molecule has 1 N–H and O–H groups in total. The first-order valence-electron chi connectivity index (χ1n) is 4.27. The maximum Gasteiger partial charge on any atom is 0.174 e. The molecule has 5 heteroatoms. The molecule has 0 aromatic carbocycles. The van der Waals surface area contributed by atoms with E-state index in [9.17, 15) is 0 Å². The molecule has 2 unspecified atom stereocenters. The third-order valence-corrected chi connectivity index (χ3v) is 4.19. The molecule has 0 aliphatic rings. The molecule has 74 valence electrons. The van der Waals surface area contributed by atoms with Gasteiger partial charge in [0.2, 0.25) is 0 Å². The van der Waals surface area contributed by atoms with E-state index in [0.29, 0.717) is 11.3 Å². The molecule has 1 aromatic heterocycles. The molecule has 1 heterocycles. The topological polar surface area (TPSA) is 37.8 Å². The zero-order valence-electron chi connectivity index (χ0n) is 8.37. The van der Waals surface area contributed by atoms with E-state index in [4.69, 9.17) is 0 Å². The highest BCUT2D eigenvalue weighted by Crippen LogP contribution is 2.27. The van der Waals surface area contributed by atoms with Crippen LogP contribution in [0.2, 0.25) is 0 Å². The first-order valence-corrected chi connectivity index (χ1v) is 5.97. The summed E-state index contributed by atoms with van der Waals surface area (Å²) in [4.78, 5) is 0. The summed E-state index contributed by atoms with van der Waals surface area (Å²) in [6, 6.07) is 0.495. The molecule has 2 atom stereocenters. The standard InChI is InChI=1S/C8H15N3S2/c1-5(9-4)6(2)12-8-11-10-7(3)13-8/h5-6,9H,1-4H3. The molecular formula is C8H15N3S2. The van der Waals surface area contributed by atoms with Gasteiger partial charge in [-0.2, -0.15) is 0 Å². The molecule has 0 radical (unpaired) electrons. The van der Waals surface area contributed by atoms with Gasteiger partial charge in [0.25, 0.3) is 0 Å². The monoisotopic (exact) mass is 217 g/mol. The molecule has 0 amide bonds. The molecule has 0 bridgehead atoms.